The average Bonchev–Trinajstić information content (AvgIpc) is 3.09. The van der Waals surface area contributed by atoms with Gasteiger partial charge in [-0.3, -0.25) is 14.5 Å². The molecule has 106 valence electrons. The summed E-state index contributed by atoms with van der Waals surface area (Å²) in [4.78, 5) is 25.9. The highest BCUT2D eigenvalue weighted by Gasteiger charge is 2.64. The van der Waals surface area contributed by atoms with Gasteiger partial charge >= 0.3 is 0 Å². The number of aliphatic hydroxyl groups is 3. The van der Waals surface area contributed by atoms with Gasteiger partial charge in [0.25, 0.3) is 0 Å². The minimum atomic E-state index is -1.56. The first-order valence-corrected chi connectivity index (χ1v) is 6.80. The summed E-state index contributed by atoms with van der Waals surface area (Å²) in [5, 5.41) is 28.3. The third-order valence-electron chi connectivity index (χ3n) is 5.28. The van der Waals surface area contributed by atoms with Crippen molar-refractivity contribution in [2.75, 3.05) is 19.8 Å². The molecule has 19 heavy (non-hydrogen) atoms. The van der Waals surface area contributed by atoms with Crippen LogP contribution in [-0.2, 0) is 9.59 Å². The molecule has 0 aromatic heterocycles. The van der Waals surface area contributed by atoms with Crippen molar-refractivity contribution in [1.82, 2.24) is 4.90 Å². The molecule has 3 rings (SSSR count). The van der Waals surface area contributed by atoms with E-state index >= 15 is 0 Å². The first-order valence-electron chi connectivity index (χ1n) is 6.80. The minimum Gasteiger partial charge on any atom is -0.394 e. The van der Waals surface area contributed by atoms with Gasteiger partial charge in [-0.15, -0.1) is 0 Å². The molecule has 0 aromatic carbocycles. The van der Waals surface area contributed by atoms with Gasteiger partial charge in [-0.05, 0) is 31.1 Å². The lowest BCUT2D eigenvalue weighted by Crippen LogP contribution is -2.60. The second kappa shape index (κ2) is 4.26. The van der Waals surface area contributed by atoms with Crippen LogP contribution >= 0.6 is 0 Å². The number of carbonyl (C=O) groups is 2. The van der Waals surface area contributed by atoms with Crippen molar-refractivity contribution in [2.24, 2.45) is 23.7 Å². The third-order valence-corrected chi connectivity index (χ3v) is 5.28. The number of rotatable bonds is 4. The van der Waals surface area contributed by atoms with Crippen molar-refractivity contribution in [2.45, 2.75) is 24.8 Å². The summed E-state index contributed by atoms with van der Waals surface area (Å²) in [7, 11) is 0. The van der Waals surface area contributed by atoms with Gasteiger partial charge < -0.3 is 15.3 Å². The van der Waals surface area contributed by atoms with Crippen LogP contribution in [0.4, 0.5) is 0 Å². The quantitative estimate of drug-likeness (QED) is 0.553. The van der Waals surface area contributed by atoms with Crippen molar-refractivity contribution in [3.63, 3.8) is 0 Å². The van der Waals surface area contributed by atoms with E-state index in [1.165, 1.54) is 0 Å². The molecule has 4 atom stereocenters. The van der Waals surface area contributed by atoms with E-state index in [9.17, 15) is 24.9 Å². The summed E-state index contributed by atoms with van der Waals surface area (Å²) < 4.78 is 0. The highest BCUT2D eigenvalue weighted by Crippen LogP contribution is 2.56. The second-order valence-corrected chi connectivity index (χ2v) is 6.10. The molecular formula is C13H19NO5. The third kappa shape index (κ3) is 1.48. The number of hydrogen-bond donors (Lipinski definition) is 3. The minimum absolute atomic E-state index is 0.255. The van der Waals surface area contributed by atoms with Gasteiger partial charge in [0.1, 0.15) is 5.54 Å². The van der Waals surface area contributed by atoms with Crippen LogP contribution in [-0.4, -0.2) is 57.4 Å². The van der Waals surface area contributed by atoms with Crippen LogP contribution in [0.3, 0.4) is 0 Å². The number of likely N-dealkylation sites (tertiary alicyclic amines) is 1. The molecule has 3 N–H and O–H groups in total. The van der Waals surface area contributed by atoms with E-state index in [-0.39, 0.29) is 35.5 Å². The maximum Gasteiger partial charge on any atom is 0.234 e. The predicted molar refractivity (Wildman–Crippen MR) is 63.7 cm³/mol. The Bertz CT molecular complexity index is 383. The summed E-state index contributed by atoms with van der Waals surface area (Å²) in [5.41, 5.74) is -1.56. The maximum absolute atomic E-state index is 12.5. The van der Waals surface area contributed by atoms with Crippen LogP contribution < -0.4 is 0 Å². The Morgan fingerprint density at radius 3 is 1.74 bits per heavy atom. The smallest absolute Gasteiger partial charge is 0.234 e. The van der Waals surface area contributed by atoms with Gasteiger partial charge in [0, 0.05) is 0 Å². The fourth-order valence-corrected chi connectivity index (χ4v) is 4.24. The summed E-state index contributed by atoms with van der Waals surface area (Å²) in [6.45, 7) is -1.86. The Morgan fingerprint density at radius 2 is 1.37 bits per heavy atom. The summed E-state index contributed by atoms with van der Waals surface area (Å²) in [6.07, 6.45) is 2.89. The monoisotopic (exact) mass is 269 g/mol. The van der Waals surface area contributed by atoms with E-state index in [0.29, 0.717) is 0 Å². The Balaban J connectivity index is 1.97. The zero-order valence-corrected chi connectivity index (χ0v) is 10.7. The van der Waals surface area contributed by atoms with Crippen LogP contribution in [0.5, 0.6) is 0 Å². The van der Waals surface area contributed by atoms with Crippen molar-refractivity contribution in [1.29, 1.82) is 0 Å². The molecule has 2 bridgehead atoms. The molecule has 1 heterocycles. The molecular weight excluding hydrogens is 250 g/mol. The van der Waals surface area contributed by atoms with E-state index in [4.69, 9.17) is 0 Å². The fraction of sp³-hybridized carbons (Fsp3) is 0.846. The van der Waals surface area contributed by atoms with Gasteiger partial charge in [0.15, 0.2) is 0 Å². The van der Waals surface area contributed by atoms with Crippen molar-refractivity contribution >= 4 is 11.8 Å². The fourth-order valence-electron chi connectivity index (χ4n) is 4.24. The molecule has 3 fully saturated rings. The Morgan fingerprint density at radius 1 is 0.947 bits per heavy atom. The number of carbonyl (C=O) groups excluding carboxylic acids is 2. The lowest BCUT2D eigenvalue weighted by molar-refractivity contribution is -0.156. The molecule has 1 aliphatic heterocycles. The maximum atomic E-state index is 12.5. The largest absolute Gasteiger partial charge is 0.394 e. The van der Waals surface area contributed by atoms with Crippen LogP contribution in [0.2, 0.25) is 0 Å². The van der Waals surface area contributed by atoms with Gasteiger partial charge in [0.2, 0.25) is 11.8 Å². The lowest BCUT2D eigenvalue weighted by atomic mass is 9.81. The van der Waals surface area contributed by atoms with Crippen LogP contribution in [0.25, 0.3) is 0 Å². The summed E-state index contributed by atoms with van der Waals surface area (Å²) in [5.74, 6) is -0.722. The number of nitrogens with zero attached hydrogens (tertiary/aromatic N) is 1. The van der Waals surface area contributed by atoms with Crippen LogP contribution in [0, 0.1) is 23.7 Å². The van der Waals surface area contributed by atoms with Crippen LogP contribution in [0.1, 0.15) is 19.3 Å². The Labute approximate surface area is 111 Å². The summed E-state index contributed by atoms with van der Waals surface area (Å²) in [6, 6.07) is 0. The summed E-state index contributed by atoms with van der Waals surface area (Å²) >= 11 is 0. The molecule has 3 aliphatic rings. The SMILES string of the molecule is O=C1[C@@H]2C3CCC(C3)[C@@H]2C(=O)N1C(CO)(CO)CO. The number of amides is 2. The first-order chi connectivity index (χ1) is 9.09. The standard InChI is InChI=1S/C13H19NO5/c15-4-13(5-16,6-17)14-11(18)9-7-1-2-8(3-7)10(9)12(14)19/h7-10,15-17H,1-6H2/t7?,8?,9-,10+. The molecule has 2 aliphatic carbocycles. The highest BCUT2D eigenvalue weighted by molar-refractivity contribution is 6.06. The van der Waals surface area contributed by atoms with Crippen molar-refractivity contribution in [3.8, 4) is 0 Å². The van der Waals surface area contributed by atoms with Gasteiger partial charge in [-0.25, -0.2) is 0 Å². The molecule has 0 spiro atoms. The Kier molecular flexibility index (Phi) is 2.92. The predicted octanol–water partition coefficient (Wildman–Crippen LogP) is -1.27. The number of aliphatic hydroxyl groups excluding tert-OH is 3. The van der Waals surface area contributed by atoms with Crippen LogP contribution in [0.15, 0.2) is 0 Å². The Hall–Kier alpha value is -0.980. The van der Waals surface area contributed by atoms with E-state index in [2.05, 4.69) is 0 Å². The molecule has 2 amide bonds. The van der Waals surface area contributed by atoms with Gasteiger partial charge in [0.05, 0.1) is 31.7 Å². The van der Waals surface area contributed by atoms with E-state index < -0.39 is 25.4 Å². The van der Waals surface area contributed by atoms with E-state index in [1.54, 1.807) is 0 Å². The van der Waals surface area contributed by atoms with Gasteiger partial charge in [-0.2, -0.15) is 0 Å². The zero-order valence-electron chi connectivity index (χ0n) is 10.7. The first kappa shape index (κ1) is 13.0. The number of hydrogen-bond acceptors (Lipinski definition) is 5. The molecule has 6 heteroatoms. The van der Waals surface area contributed by atoms with E-state index in [0.717, 1.165) is 24.2 Å². The highest BCUT2D eigenvalue weighted by atomic mass is 16.3. The lowest BCUT2D eigenvalue weighted by Gasteiger charge is -2.36. The van der Waals surface area contributed by atoms with Crippen molar-refractivity contribution in [3.05, 3.63) is 0 Å². The molecule has 6 nitrogen and oxygen atoms in total. The second-order valence-electron chi connectivity index (χ2n) is 6.10. The zero-order chi connectivity index (χ0) is 13.8. The topological polar surface area (TPSA) is 98.1 Å². The van der Waals surface area contributed by atoms with Crippen molar-refractivity contribution < 1.29 is 24.9 Å². The molecule has 0 aromatic rings. The molecule has 2 unspecified atom stereocenters. The normalized spacial score (nSPS) is 37.3. The van der Waals surface area contributed by atoms with Gasteiger partial charge in [-0.1, -0.05) is 0 Å². The average molecular weight is 269 g/mol. The number of imide groups is 1. The molecule has 1 saturated heterocycles. The van der Waals surface area contributed by atoms with E-state index in [1.807, 2.05) is 0 Å². The number of fused-ring (bicyclic) bond motifs is 5. The molecule has 2 saturated carbocycles. The molecule has 0 radical (unpaired) electrons.